The normalized spacial score (nSPS) is 24.0. The maximum Gasteiger partial charge on any atom is 0.274 e. The molecule has 1 aliphatic carbocycles. The molecule has 6 nitrogen and oxygen atoms in total. The van der Waals surface area contributed by atoms with Gasteiger partial charge in [0.05, 0.1) is 16.6 Å². The van der Waals surface area contributed by atoms with Crippen LogP contribution in [0, 0.1) is 11.8 Å². The van der Waals surface area contributed by atoms with Crippen LogP contribution in [0.5, 0.6) is 0 Å². The molecule has 0 N–H and O–H groups in total. The van der Waals surface area contributed by atoms with Crippen LogP contribution in [0.25, 0.3) is 6.08 Å². The molecule has 1 saturated heterocycles. The summed E-state index contributed by atoms with van der Waals surface area (Å²) in [5.74, 6) is 0.144. The first kappa shape index (κ1) is 29.1. The number of halogens is 2. The molecule has 0 bridgehead atoms. The molecule has 1 saturated carbocycles. The van der Waals surface area contributed by atoms with Gasteiger partial charge in [-0.05, 0) is 103 Å². The second-order valence-electron chi connectivity index (χ2n) is 11.5. The fourth-order valence-corrected chi connectivity index (χ4v) is 8.14. The molecule has 0 aromatic heterocycles. The molecule has 218 valence electrons. The molecule has 1 amide bonds. The highest BCUT2D eigenvalue weighted by atomic mass is 35.5. The van der Waals surface area contributed by atoms with Gasteiger partial charge in [0.25, 0.3) is 5.91 Å². The van der Waals surface area contributed by atoms with Crippen molar-refractivity contribution in [1.29, 1.82) is 0 Å². The predicted octanol–water partition coefficient (Wildman–Crippen LogP) is 7.85. The fraction of sp³-hybridized carbons (Fsp3) is 0.333. The predicted molar refractivity (Wildman–Crippen MR) is 168 cm³/mol. The number of fused-ring (bicyclic) bond motifs is 1. The van der Waals surface area contributed by atoms with Crippen molar-refractivity contribution in [2.24, 2.45) is 16.9 Å². The van der Waals surface area contributed by atoms with Crippen molar-refractivity contribution in [2.45, 2.75) is 50.0 Å². The maximum atomic E-state index is 14.1. The van der Waals surface area contributed by atoms with Gasteiger partial charge < -0.3 is 0 Å². The van der Waals surface area contributed by atoms with Crippen molar-refractivity contribution in [3.8, 4) is 0 Å². The largest absolute Gasteiger partial charge is 0.274 e. The number of carbonyl (C=O) groups is 1. The van der Waals surface area contributed by atoms with Crippen LogP contribution in [0.1, 0.15) is 66.6 Å². The summed E-state index contributed by atoms with van der Waals surface area (Å²) in [6.07, 6.45) is 6.67. The van der Waals surface area contributed by atoms with Gasteiger partial charge in [0.2, 0.25) is 10.0 Å². The number of benzene rings is 3. The van der Waals surface area contributed by atoms with Crippen LogP contribution in [0.2, 0.25) is 10.0 Å². The zero-order valence-corrected chi connectivity index (χ0v) is 25.7. The number of allylic oxidation sites excluding steroid dienone is 1. The molecule has 2 heterocycles. The molecular formula is C33H33Cl2N3O3S. The van der Waals surface area contributed by atoms with Crippen molar-refractivity contribution < 1.29 is 13.2 Å². The van der Waals surface area contributed by atoms with Gasteiger partial charge in [0, 0.05) is 34.6 Å². The summed E-state index contributed by atoms with van der Waals surface area (Å²) in [7, 11) is -3.59. The summed E-state index contributed by atoms with van der Waals surface area (Å²) in [6.45, 7) is 3.29. The van der Waals surface area contributed by atoms with E-state index in [4.69, 9.17) is 28.3 Å². The van der Waals surface area contributed by atoms with Gasteiger partial charge in [-0.15, -0.1) is 0 Å². The number of rotatable bonds is 5. The van der Waals surface area contributed by atoms with Gasteiger partial charge >= 0.3 is 0 Å². The maximum absolute atomic E-state index is 14.1. The summed E-state index contributed by atoms with van der Waals surface area (Å²) >= 11 is 12.3. The van der Waals surface area contributed by atoms with Gasteiger partial charge in [-0.25, -0.2) is 13.4 Å². The van der Waals surface area contributed by atoms with E-state index in [0.717, 1.165) is 54.5 Å². The van der Waals surface area contributed by atoms with Crippen molar-refractivity contribution in [3.63, 3.8) is 0 Å². The minimum Gasteiger partial charge on any atom is -0.267 e. The molecule has 9 heteroatoms. The van der Waals surface area contributed by atoms with Crippen LogP contribution < -0.4 is 0 Å². The third kappa shape index (κ3) is 5.80. The lowest BCUT2D eigenvalue weighted by molar-refractivity contribution is 0.0676. The zero-order valence-electron chi connectivity index (χ0n) is 23.4. The molecular weight excluding hydrogens is 589 g/mol. The van der Waals surface area contributed by atoms with Gasteiger partial charge in [0.1, 0.15) is 0 Å². The molecule has 6 rings (SSSR count). The molecule has 3 aromatic carbocycles. The first-order valence-electron chi connectivity index (χ1n) is 14.4. The van der Waals surface area contributed by atoms with E-state index in [-0.39, 0.29) is 22.8 Å². The summed E-state index contributed by atoms with van der Waals surface area (Å²) in [6, 6.07) is 21.3. The van der Waals surface area contributed by atoms with E-state index in [0.29, 0.717) is 34.6 Å². The fourth-order valence-electron chi connectivity index (χ4n) is 6.37. The Morgan fingerprint density at radius 3 is 2.14 bits per heavy atom. The van der Waals surface area contributed by atoms with E-state index in [1.165, 1.54) is 4.31 Å². The minimum absolute atomic E-state index is 0.0104. The molecule has 3 aromatic rings. The first-order valence-corrected chi connectivity index (χ1v) is 16.6. The number of carbonyl (C=O) groups excluding carboxylic acids is 1. The highest BCUT2D eigenvalue weighted by molar-refractivity contribution is 7.89. The van der Waals surface area contributed by atoms with E-state index < -0.39 is 10.0 Å². The second-order valence-corrected chi connectivity index (χ2v) is 14.3. The second kappa shape index (κ2) is 12.0. The van der Waals surface area contributed by atoms with Crippen molar-refractivity contribution >= 4 is 50.9 Å². The molecule has 42 heavy (non-hydrogen) atoms. The highest BCUT2D eigenvalue weighted by Crippen LogP contribution is 2.46. The van der Waals surface area contributed by atoms with Gasteiger partial charge in [-0.3, -0.25) is 4.79 Å². The van der Waals surface area contributed by atoms with Gasteiger partial charge in [-0.1, -0.05) is 60.8 Å². The number of hydrogen-bond donors (Lipinski definition) is 0. The Kier molecular flexibility index (Phi) is 8.29. The first-order chi connectivity index (χ1) is 20.2. The number of amides is 1. The molecule has 0 radical (unpaired) electrons. The van der Waals surface area contributed by atoms with Crippen LogP contribution in [-0.2, 0) is 10.0 Å². The Labute approximate surface area is 257 Å². The lowest BCUT2D eigenvalue weighted by atomic mass is 9.73. The van der Waals surface area contributed by atoms with Crippen LogP contribution in [0.15, 0.2) is 88.4 Å². The Morgan fingerprint density at radius 2 is 1.50 bits per heavy atom. The average molecular weight is 623 g/mol. The highest BCUT2D eigenvalue weighted by Gasteiger charge is 2.45. The standard InChI is InChI=1S/C33H33Cl2N3O3S/c1-22-19-26(21-23-5-11-27(34)12-6-23)31-30(20-22)32(24-7-13-28(35)14-8-24)38(36-31)33(39)25-9-15-29(16-10-25)42(40,41)37-17-3-2-4-18-37/h5-16,21-22,30,32H,2-4,17-20H2,1H3/b26-21+. The number of nitrogens with zero attached hydrogens (tertiary/aromatic N) is 3. The van der Waals surface area contributed by atoms with E-state index >= 15 is 0 Å². The van der Waals surface area contributed by atoms with E-state index in [1.807, 2.05) is 48.5 Å². The van der Waals surface area contributed by atoms with E-state index in [2.05, 4.69) is 13.0 Å². The molecule has 3 atom stereocenters. The summed E-state index contributed by atoms with van der Waals surface area (Å²) in [5, 5.41) is 7.88. The van der Waals surface area contributed by atoms with E-state index in [1.54, 1.807) is 29.3 Å². The summed E-state index contributed by atoms with van der Waals surface area (Å²) < 4.78 is 27.9. The molecule has 2 aliphatic heterocycles. The molecule has 3 aliphatic rings. The van der Waals surface area contributed by atoms with Gasteiger partial charge in [0.15, 0.2) is 0 Å². The zero-order chi connectivity index (χ0) is 29.4. The number of piperidine rings is 1. The average Bonchev–Trinajstić information content (AvgIpc) is 3.38. The monoisotopic (exact) mass is 621 g/mol. The summed E-state index contributed by atoms with van der Waals surface area (Å²) in [4.78, 5) is 14.3. The Hall–Kier alpha value is -2.97. The SMILES string of the molecule is CC1C/C(=C\c2ccc(Cl)cc2)C2=NN(C(=O)c3ccc(S(=O)(=O)N4CCCCC4)cc3)C(c3ccc(Cl)cc3)C2C1. The topological polar surface area (TPSA) is 70.0 Å². The Balaban J connectivity index is 1.36. The van der Waals surface area contributed by atoms with Crippen LogP contribution in [0.4, 0.5) is 0 Å². The molecule has 3 unspecified atom stereocenters. The minimum atomic E-state index is -3.59. The Morgan fingerprint density at radius 1 is 0.881 bits per heavy atom. The van der Waals surface area contributed by atoms with Crippen LogP contribution >= 0.6 is 23.2 Å². The molecule has 2 fully saturated rings. The molecule has 0 spiro atoms. The number of hydrogen-bond acceptors (Lipinski definition) is 4. The van der Waals surface area contributed by atoms with Crippen molar-refractivity contribution in [1.82, 2.24) is 9.31 Å². The third-order valence-electron chi connectivity index (χ3n) is 8.45. The summed E-state index contributed by atoms with van der Waals surface area (Å²) in [5.41, 5.74) is 4.41. The van der Waals surface area contributed by atoms with Gasteiger partial charge in [-0.2, -0.15) is 9.41 Å². The number of sulfonamides is 1. The smallest absolute Gasteiger partial charge is 0.267 e. The quantitative estimate of drug-likeness (QED) is 0.291. The Bertz CT molecular complexity index is 1630. The number of hydrazone groups is 1. The third-order valence-corrected chi connectivity index (χ3v) is 10.9. The lowest BCUT2D eigenvalue weighted by Gasteiger charge is -2.32. The van der Waals surface area contributed by atoms with E-state index in [9.17, 15) is 13.2 Å². The van der Waals surface area contributed by atoms with Crippen LogP contribution in [-0.4, -0.2) is 42.4 Å². The van der Waals surface area contributed by atoms with Crippen molar-refractivity contribution in [3.05, 3.63) is 105 Å². The van der Waals surface area contributed by atoms with Crippen LogP contribution in [0.3, 0.4) is 0 Å². The van der Waals surface area contributed by atoms with Crippen molar-refractivity contribution in [2.75, 3.05) is 13.1 Å². The lowest BCUT2D eigenvalue weighted by Crippen LogP contribution is -2.35.